The second kappa shape index (κ2) is 8.92. The van der Waals surface area contributed by atoms with Gasteiger partial charge in [0.2, 0.25) is 0 Å². The first kappa shape index (κ1) is 24.0. The van der Waals surface area contributed by atoms with Crippen molar-refractivity contribution < 1.29 is 23.4 Å². The number of aromatic carboxylic acids is 1. The van der Waals surface area contributed by atoms with Crippen LogP contribution in [0.1, 0.15) is 65.1 Å². The lowest BCUT2D eigenvalue weighted by Gasteiger charge is -2.22. The van der Waals surface area contributed by atoms with E-state index in [1.807, 2.05) is 0 Å². The molecule has 2 unspecified atom stereocenters. The molecule has 3 aromatic heterocycles. The minimum absolute atomic E-state index is 0.000735. The van der Waals surface area contributed by atoms with Gasteiger partial charge in [-0.1, -0.05) is 11.6 Å². The quantitative estimate of drug-likeness (QED) is 0.487. The number of carboxylic acids is 1. The number of aromatic nitrogens is 3. The van der Waals surface area contributed by atoms with E-state index >= 15 is 0 Å². The largest absolute Gasteiger partial charge is 0.476 e. The summed E-state index contributed by atoms with van der Waals surface area (Å²) in [6, 6.07) is 3.44. The number of nitrogens with zero attached hydrogens (tertiary/aromatic N) is 3. The van der Waals surface area contributed by atoms with Crippen molar-refractivity contribution in [2.24, 2.45) is 0 Å². The van der Waals surface area contributed by atoms with E-state index in [-0.39, 0.29) is 33.7 Å². The van der Waals surface area contributed by atoms with Crippen LogP contribution in [0.5, 0.6) is 0 Å². The van der Waals surface area contributed by atoms with Gasteiger partial charge in [0.25, 0.3) is 11.5 Å². The van der Waals surface area contributed by atoms with Crippen LogP contribution >= 0.6 is 11.6 Å². The summed E-state index contributed by atoms with van der Waals surface area (Å²) in [7, 11) is 0. The van der Waals surface area contributed by atoms with E-state index in [0.717, 1.165) is 17.5 Å². The Labute approximate surface area is 198 Å². The summed E-state index contributed by atoms with van der Waals surface area (Å²) in [6.45, 7) is 5.02. The average molecular weight is 493 g/mol. The molecule has 2 atom stereocenters. The van der Waals surface area contributed by atoms with E-state index in [1.165, 1.54) is 18.2 Å². The van der Waals surface area contributed by atoms with Crippen LogP contribution in [0, 0.1) is 6.92 Å². The molecule has 0 aliphatic carbocycles. The van der Waals surface area contributed by atoms with Gasteiger partial charge >= 0.3 is 5.97 Å². The Morgan fingerprint density at radius 1 is 1.38 bits per heavy atom. The third-order valence-electron chi connectivity index (χ3n) is 5.94. The van der Waals surface area contributed by atoms with Gasteiger partial charge in [0, 0.05) is 42.3 Å². The topological polar surface area (TPSA) is 106 Å². The number of anilines is 1. The summed E-state index contributed by atoms with van der Waals surface area (Å²) < 4.78 is 35.3. The van der Waals surface area contributed by atoms with Crippen LogP contribution in [0.15, 0.2) is 29.2 Å². The second-order valence-electron chi connectivity index (χ2n) is 8.46. The van der Waals surface area contributed by atoms with E-state index in [4.69, 9.17) is 21.3 Å². The normalized spacial score (nSPS) is 17.2. The zero-order chi connectivity index (χ0) is 24.8. The maximum absolute atomic E-state index is 14.3. The molecule has 0 bridgehead atoms. The smallest absolute Gasteiger partial charge is 0.356 e. The van der Waals surface area contributed by atoms with Crippen molar-refractivity contribution in [3.63, 3.8) is 0 Å². The maximum Gasteiger partial charge on any atom is 0.356 e. The number of hydrogen-bond donors (Lipinski definition) is 2. The number of carboxylic acid groups (broad SMARTS) is 1. The third kappa shape index (κ3) is 4.47. The molecule has 180 valence electrons. The van der Waals surface area contributed by atoms with Crippen LogP contribution in [-0.4, -0.2) is 38.7 Å². The van der Waals surface area contributed by atoms with Gasteiger partial charge in [-0.3, -0.25) is 9.20 Å². The highest BCUT2D eigenvalue weighted by molar-refractivity contribution is 6.29. The van der Waals surface area contributed by atoms with Crippen LogP contribution in [-0.2, 0) is 10.7 Å². The number of nitrogens with one attached hydrogen (secondary N) is 1. The molecular formula is C23H23ClF2N4O4. The molecule has 4 rings (SSSR count). The molecule has 1 saturated heterocycles. The first-order chi connectivity index (χ1) is 16.0. The molecule has 1 aliphatic heterocycles. The number of ether oxygens (including phenoxy) is 1. The number of halogens is 3. The fraction of sp³-hybridized carbons (Fsp3) is 0.391. The predicted molar refractivity (Wildman–Crippen MR) is 122 cm³/mol. The predicted octanol–water partition coefficient (Wildman–Crippen LogP) is 4.54. The summed E-state index contributed by atoms with van der Waals surface area (Å²) >= 11 is 5.83. The lowest BCUT2D eigenvalue weighted by molar-refractivity contribution is 0.0169. The molecule has 0 amide bonds. The van der Waals surface area contributed by atoms with Crippen molar-refractivity contribution in [1.82, 2.24) is 14.4 Å². The number of alkyl halides is 2. The van der Waals surface area contributed by atoms with Crippen molar-refractivity contribution in [2.75, 3.05) is 18.5 Å². The molecule has 8 nitrogen and oxygen atoms in total. The number of carbonyl (C=O) groups is 1. The maximum atomic E-state index is 14.3. The van der Waals surface area contributed by atoms with Crippen molar-refractivity contribution in [1.29, 1.82) is 0 Å². The van der Waals surface area contributed by atoms with Crippen molar-refractivity contribution in [3.8, 4) is 0 Å². The Hall–Kier alpha value is -3.11. The highest BCUT2D eigenvalue weighted by Crippen LogP contribution is 2.33. The van der Waals surface area contributed by atoms with Crippen LogP contribution in [0.3, 0.4) is 0 Å². The molecule has 11 heteroatoms. The van der Waals surface area contributed by atoms with Crippen molar-refractivity contribution in [2.45, 2.75) is 45.1 Å². The van der Waals surface area contributed by atoms with Gasteiger partial charge in [-0.2, -0.15) is 0 Å². The highest BCUT2D eigenvalue weighted by Gasteiger charge is 2.30. The molecule has 2 N–H and O–H groups in total. The molecule has 0 saturated carbocycles. The van der Waals surface area contributed by atoms with Gasteiger partial charge in [-0.25, -0.2) is 23.5 Å². The number of rotatable bonds is 6. The minimum Gasteiger partial charge on any atom is -0.476 e. The Balaban J connectivity index is 1.91. The Morgan fingerprint density at radius 2 is 2.12 bits per heavy atom. The zero-order valence-corrected chi connectivity index (χ0v) is 19.5. The molecule has 0 aromatic carbocycles. The van der Waals surface area contributed by atoms with Crippen molar-refractivity contribution in [3.05, 3.63) is 68.0 Å². The van der Waals surface area contributed by atoms with Crippen LogP contribution in [0.4, 0.5) is 14.5 Å². The van der Waals surface area contributed by atoms with E-state index in [9.17, 15) is 23.5 Å². The van der Waals surface area contributed by atoms with E-state index in [0.29, 0.717) is 36.5 Å². The first-order valence-electron chi connectivity index (χ1n) is 10.7. The fourth-order valence-corrected chi connectivity index (χ4v) is 4.25. The standard InChI is InChI=1S/C23H23ClF2N4O4/c1-11-18(13-6-7-34-10-13)29-20-15(8-14(23(3,25)26)9-30(20)21(11)31)12(2)27-16-4-5-17(24)28-19(16)22(32)33/h4-5,8-9,12-13,27H,6-7,10H2,1-3H3,(H,32,33). The van der Waals surface area contributed by atoms with E-state index in [2.05, 4.69) is 10.3 Å². The summed E-state index contributed by atoms with van der Waals surface area (Å²) in [5.41, 5.74) is 0.507. The van der Waals surface area contributed by atoms with E-state index < -0.39 is 23.5 Å². The summed E-state index contributed by atoms with van der Waals surface area (Å²) in [5, 5.41) is 12.5. The first-order valence-corrected chi connectivity index (χ1v) is 11.0. The molecule has 34 heavy (non-hydrogen) atoms. The Morgan fingerprint density at radius 3 is 2.74 bits per heavy atom. The van der Waals surface area contributed by atoms with E-state index in [1.54, 1.807) is 13.8 Å². The highest BCUT2D eigenvalue weighted by atomic mass is 35.5. The molecule has 0 spiro atoms. The Kier molecular flexibility index (Phi) is 6.30. The molecule has 4 heterocycles. The number of pyridine rings is 2. The number of hydrogen-bond acceptors (Lipinski definition) is 6. The van der Waals surface area contributed by atoms with Gasteiger partial charge in [-0.05, 0) is 38.5 Å². The summed E-state index contributed by atoms with van der Waals surface area (Å²) in [6.07, 6.45) is 1.81. The second-order valence-corrected chi connectivity index (χ2v) is 8.84. The molecule has 3 aromatic rings. The SMILES string of the molecule is Cc1c(C2CCOC2)nc2c(C(C)Nc3ccc(Cl)nc3C(=O)O)cc(C(C)(F)F)cn2c1=O. The van der Waals surface area contributed by atoms with Gasteiger partial charge in [0.15, 0.2) is 5.69 Å². The van der Waals surface area contributed by atoms with Gasteiger partial charge < -0.3 is 15.2 Å². The number of fused-ring (bicyclic) bond motifs is 1. The minimum atomic E-state index is -3.22. The van der Waals surface area contributed by atoms with Crippen LogP contribution in [0.2, 0.25) is 5.15 Å². The fourth-order valence-electron chi connectivity index (χ4n) is 4.10. The van der Waals surface area contributed by atoms with Crippen molar-refractivity contribution >= 4 is 28.9 Å². The molecule has 1 fully saturated rings. The van der Waals surface area contributed by atoms with Gasteiger partial charge in [0.1, 0.15) is 10.8 Å². The summed E-state index contributed by atoms with van der Waals surface area (Å²) in [5.74, 6) is -4.59. The lowest BCUT2D eigenvalue weighted by Crippen LogP contribution is -2.26. The van der Waals surface area contributed by atoms with Crippen LogP contribution in [0.25, 0.3) is 5.65 Å². The zero-order valence-electron chi connectivity index (χ0n) is 18.7. The van der Waals surface area contributed by atoms with Crippen LogP contribution < -0.4 is 10.9 Å². The summed E-state index contributed by atoms with van der Waals surface area (Å²) in [4.78, 5) is 33.4. The monoisotopic (exact) mass is 492 g/mol. The van der Waals surface area contributed by atoms with Gasteiger partial charge in [-0.15, -0.1) is 0 Å². The lowest BCUT2D eigenvalue weighted by atomic mass is 9.99. The molecular weight excluding hydrogens is 470 g/mol. The Bertz CT molecular complexity index is 1330. The molecule has 0 radical (unpaired) electrons. The average Bonchev–Trinajstić information content (AvgIpc) is 3.30. The van der Waals surface area contributed by atoms with Gasteiger partial charge in [0.05, 0.1) is 24.0 Å². The third-order valence-corrected chi connectivity index (χ3v) is 6.15. The molecule has 1 aliphatic rings.